The smallest absolute Gasteiger partial charge is 0.339 e. The van der Waals surface area contributed by atoms with Crippen LogP contribution < -0.4 is 10.5 Å². The Morgan fingerprint density at radius 2 is 2.00 bits per heavy atom. The Morgan fingerprint density at radius 3 is 2.52 bits per heavy atom. The number of nitrogens with two attached hydrogens (primary N) is 1. The van der Waals surface area contributed by atoms with Gasteiger partial charge in [-0.3, -0.25) is 0 Å². The van der Waals surface area contributed by atoms with Crippen LogP contribution in [0.3, 0.4) is 0 Å². The van der Waals surface area contributed by atoms with Gasteiger partial charge >= 0.3 is 6.03 Å². The number of nitrogens with zero attached hydrogens (tertiary/aromatic N) is 2. The summed E-state index contributed by atoms with van der Waals surface area (Å²) in [5, 5.41) is 4.46. The van der Waals surface area contributed by atoms with Gasteiger partial charge in [0.05, 0.1) is 12.8 Å². The summed E-state index contributed by atoms with van der Waals surface area (Å²) < 4.78 is 6.45. The number of rotatable bonds is 7. The molecule has 5 nitrogen and oxygen atoms in total. The first-order valence-corrected chi connectivity index (χ1v) is 8.14. The minimum Gasteiger partial charge on any atom is -0.497 e. The van der Waals surface area contributed by atoms with Crippen molar-refractivity contribution in [2.75, 3.05) is 7.11 Å². The van der Waals surface area contributed by atoms with E-state index < -0.39 is 6.03 Å². The van der Waals surface area contributed by atoms with Gasteiger partial charge in [0.1, 0.15) is 5.75 Å². The molecule has 0 bridgehead atoms. The van der Waals surface area contributed by atoms with Gasteiger partial charge in [0.2, 0.25) is 0 Å². The maximum atomic E-state index is 11.5. The van der Waals surface area contributed by atoms with Gasteiger partial charge in [0.15, 0.2) is 0 Å². The van der Waals surface area contributed by atoms with Crippen molar-refractivity contribution in [1.82, 2.24) is 9.78 Å². The molecule has 2 aromatic rings. The first-order valence-electron chi connectivity index (χ1n) is 8.14. The van der Waals surface area contributed by atoms with Gasteiger partial charge in [-0.1, -0.05) is 38.8 Å². The van der Waals surface area contributed by atoms with Crippen LogP contribution >= 0.6 is 0 Å². The SMILES string of the molecule is CCCCC(CC)c1nn(C(N)=O)cc1-c1ccc(OC)cc1. The number of unbranched alkanes of at least 4 members (excludes halogenated alkanes) is 1. The summed E-state index contributed by atoms with van der Waals surface area (Å²) in [6.07, 6.45) is 6.06. The van der Waals surface area contributed by atoms with E-state index in [4.69, 9.17) is 10.5 Å². The van der Waals surface area contributed by atoms with Crippen LogP contribution in [0.1, 0.15) is 51.1 Å². The number of carbonyl (C=O) groups is 1. The lowest BCUT2D eigenvalue weighted by atomic mass is 9.91. The van der Waals surface area contributed by atoms with Gasteiger partial charge in [0.25, 0.3) is 0 Å². The predicted molar refractivity (Wildman–Crippen MR) is 91.8 cm³/mol. The predicted octanol–water partition coefficient (Wildman–Crippen LogP) is 4.17. The average molecular weight is 315 g/mol. The molecule has 0 aliphatic rings. The topological polar surface area (TPSA) is 70.1 Å². The summed E-state index contributed by atoms with van der Waals surface area (Å²) in [6, 6.07) is 7.23. The van der Waals surface area contributed by atoms with Crippen LogP contribution in [0, 0.1) is 0 Å². The Balaban J connectivity index is 2.44. The highest BCUT2D eigenvalue weighted by atomic mass is 16.5. The molecule has 0 radical (unpaired) electrons. The molecule has 0 aliphatic carbocycles. The van der Waals surface area contributed by atoms with Crippen molar-refractivity contribution in [2.24, 2.45) is 5.73 Å². The third-order valence-electron chi connectivity index (χ3n) is 4.16. The van der Waals surface area contributed by atoms with E-state index in [0.717, 1.165) is 48.3 Å². The van der Waals surface area contributed by atoms with Gasteiger partial charge in [-0.05, 0) is 30.5 Å². The van der Waals surface area contributed by atoms with Crippen LogP contribution in [-0.2, 0) is 0 Å². The van der Waals surface area contributed by atoms with Crippen molar-refractivity contribution in [1.29, 1.82) is 0 Å². The zero-order chi connectivity index (χ0) is 16.8. The second-order valence-electron chi connectivity index (χ2n) is 5.69. The van der Waals surface area contributed by atoms with Gasteiger partial charge in [0, 0.05) is 17.7 Å². The first kappa shape index (κ1) is 17.1. The van der Waals surface area contributed by atoms with E-state index in [2.05, 4.69) is 18.9 Å². The molecule has 0 saturated carbocycles. The Morgan fingerprint density at radius 1 is 1.30 bits per heavy atom. The van der Waals surface area contributed by atoms with E-state index in [1.807, 2.05) is 24.3 Å². The quantitative estimate of drug-likeness (QED) is 0.833. The van der Waals surface area contributed by atoms with Crippen LogP contribution in [0.2, 0.25) is 0 Å². The average Bonchev–Trinajstić information content (AvgIpc) is 3.01. The summed E-state index contributed by atoms with van der Waals surface area (Å²) in [6.45, 7) is 4.33. The van der Waals surface area contributed by atoms with Crippen LogP contribution in [0.15, 0.2) is 30.5 Å². The third kappa shape index (κ3) is 3.92. The van der Waals surface area contributed by atoms with Crippen LogP contribution in [0.25, 0.3) is 11.1 Å². The van der Waals surface area contributed by atoms with Gasteiger partial charge in [-0.25, -0.2) is 4.79 Å². The van der Waals surface area contributed by atoms with E-state index in [1.165, 1.54) is 4.68 Å². The molecule has 1 amide bonds. The summed E-state index contributed by atoms with van der Waals surface area (Å²) in [7, 11) is 1.64. The maximum Gasteiger partial charge on any atom is 0.339 e. The molecule has 23 heavy (non-hydrogen) atoms. The maximum absolute atomic E-state index is 11.5. The normalized spacial score (nSPS) is 12.1. The lowest BCUT2D eigenvalue weighted by Crippen LogP contribution is -2.20. The fraction of sp³-hybridized carbons (Fsp3) is 0.444. The fourth-order valence-electron chi connectivity index (χ4n) is 2.78. The summed E-state index contributed by atoms with van der Waals surface area (Å²) in [4.78, 5) is 11.5. The van der Waals surface area contributed by atoms with Gasteiger partial charge in [-0.15, -0.1) is 0 Å². The second-order valence-corrected chi connectivity index (χ2v) is 5.69. The minimum atomic E-state index is -0.559. The Labute approximate surface area is 137 Å². The number of aromatic nitrogens is 2. The fourth-order valence-corrected chi connectivity index (χ4v) is 2.78. The highest BCUT2D eigenvalue weighted by Crippen LogP contribution is 2.33. The molecule has 2 rings (SSSR count). The van der Waals surface area contributed by atoms with Crippen molar-refractivity contribution in [2.45, 2.75) is 45.4 Å². The molecule has 0 aliphatic heterocycles. The standard InChI is InChI=1S/C18H25N3O2/c1-4-6-7-13(5-2)17-16(12-21(20-17)18(19)22)14-8-10-15(23-3)11-9-14/h8-13H,4-7H2,1-3H3,(H2,19,22). The molecule has 0 spiro atoms. The summed E-state index contributed by atoms with van der Waals surface area (Å²) in [5.41, 5.74) is 8.34. The Kier molecular flexibility index (Phi) is 5.79. The number of benzene rings is 1. The molecule has 1 aromatic heterocycles. The number of hydrogen-bond acceptors (Lipinski definition) is 3. The highest BCUT2D eigenvalue weighted by Gasteiger charge is 2.20. The lowest BCUT2D eigenvalue weighted by Gasteiger charge is -2.14. The van der Waals surface area contributed by atoms with Crippen molar-refractivity contribution in [3.8, 4) is 16.9 Å². The molecular weight excluding hydrogens is 290 g/mol. The zero-order valence-corrected chi connectivity index (χ0v) is 14.1. The van der Waals surface area contributed by atoms with E-state index >= 15 is 0 Å². The second kappa shape index (κ2) is 7.81. The van der Waals surface area contributed by atoms with Crippen molar-refractivity contribution in [3.05, 3.63) is 36.2 Å². The van der Waals surface area contributed by atoms with Crippen molar-refractivity contribution in [3.63, 3.8) is 0 Å². The van der Waals surface area contributed by atoms with Crippen molar-refractivity contribution >= 4 is 6.03 Å². The first-order chi connectivity index (χ1) is 11.1. The van der Waals surface area contributed by atoms with Gasteiger partial charge < -0.3 is 10.5 Å². The monoisotopic (exact) mass is 315 g/mol. The molecule has 0 fully saturated rings. The number of hydrogen-bond donors (Lipinski definition) is 1. The number of ether oxygens (including phenoxy) is 1. The minimum absolute atomic E-state index is 0.327. The molecule has 2 N–H and O–H groups in total. The molecular formula is C18H25N3O2. The zero-order valence-electron chi connectivity index (χ0n) is 14.1. The number of primary amides is 1. The Bertz CT molecular complexity index is 647. The van der Waals surface area contributed by atoms with E-state index in [1.54, 1.807) is 13.3 Å². The van der Waals surface area contributed by atoms with Crippen LogP contribution in [0.4, 0.5) is 4.79 Å². The van der Waals surface area contributed by atoms with Gasteiger partial charge in [-0.2, -0.15) is 9.78 Å². The number of amides is 1. The number of methoxy groups -OCH3 is 1. The molecule has 1 unspecified atom stereocenters. The Hall–Kier alpha value is -2.30. The summed E-state index contributed by atoms with van der Waals surface area (Å²) >= 11 is 0. The molecule has 124 valence electrons. The van der Waals surface area contributed by atoms with E-state index in [-0.39, 0.29) is 0 Å². The molecule has 1 atom stereocenters. The van der Waals surface area contributed by atoms with Crippen LogP contribution in [0.5, 0.6) is 5.75 Å². The van der Waals surface area contributed by atoms with Crippen molar-refractivity contribution < 1.29 is 9.53 Å². The third-order valence-corrected chi connectivity index (χ3v) is 4.16. The molecule has 5 heteroatoms. The summed E-state index contributed by atoms with van der Waals surface area (Å²) in [5.74, 6) is 1.13. The molecule has 1 aromatic carbocycles. The number of carbonyl (C=O) groups excluding carboxylic acids is 1. The van der Waals surface area contributed by atoms with Crippen LogP contribution in [-0.4, -0.2) is 22.9 Å². The molecule has 1 heterocycles. The molecule has 0 saturated heterocycles. The largest absolute Gasteiger partial charge is 0.497 e. The van der Waals surface area contributed by atoms with E-state index in [0.29, 0.717) is 5.92 Å². The highest BCUT2D eigenvalue weighted by molar-refractivity contribution is 5.77. The lowest BCUT2D eigenvalue weighted by molar-refractivity contribution is 0.247. The van der Waals surface area contributed by atoms with E-state index in [9.17, 15) is 4.79 Å².